The van der Waals surface area contributed by atoms with E-state index in [2.05, 4.69) is 0 Å². The van der Waals surface area contributed by atoms with Gasteiger partial charge in [0.1, 0.15) is 0 Å². The lowest BCUT2D eigenvalue weighted by molar-refractivity contribution is 0.152. The molecule has 0 fully saturated rings. The van der Waals surface area contributed by atoms with E-state index in [0.717, 1.165) is 0 Å². The van der Waals surface area contributed by atoms with E-state index in [-0.39, 0.29) is 19.7 Å². The number of rotatable bonds is 6. The third-order valence-electron chi connectivity index (χ3n) is 2.37. The van der Waals surface area contributed by atoms with Crippen LogP contribution >= 0.6 is 11.6 Å². The Bertz CT molecular complexity index is 363. The molecular formula is C11H15ClF2N2O. The van der Waals surface area contributed by atoms with Gasteiger partial charge >= 0.3 is 0 Å². The van der Waals surface area contributed by atoms with Crippen LogP contribution in [0.1, 0.15) is 5.56 Å². The standard InChI is InChI=1S/C11H15ClF2N2O/c12-9-2-1-3-10(8(9)6-15)16(4-5-17)7-11(13)14/h1-3,11,17H,4-7,15H2. The van der Waals surface area contributed by atoms with Gasteiger partial charge in [-0.1, -0.05) is 17.7 Å². The molecule has 0 amide bonds. The fourth-order valence-corrected chi connectivity index (χ4v) is 1.89. The molecule has 6 heteroatoms. The predicted molar refractivity (Wildman–Crippen MR) is 64.6 cm³/mol. The van der Waals surface area contributed by atoms with Crippen LogP contribution in [-0.4, -0.2) is 31.2 Å². The molecule has 0 radical (unpaired) electrons. The Balaban J connectivity index is 3.04. The first kappa shape index (κ1) is 14.2. The Morgan fingerprint density at radius 3 is 2.65 bits per heavy atom. The summed E-state index contributed by atoms with van der Waals surface area (Å²) in [6, 6.07) is 5.01. The van der Waals surface area contributed by atoms with E-state index >= 15 is 0 Å². The molecule has 1 aromatic carbocycles. The van der Waals surface area contributed by atoms with Crippen molar-refractivity contribution in [2.45, 2.75) is 13.0 Å². The fraction of sp³-hybridized carbons (Fsp3) is 0.455. The van der Waals surface area contributed by atoms with Crippen LogP contribution in [0.5, 0.6) is 0 Å². The zero-order valence-electron chi connectivity index (χ0n) is 9.24. The Morgan fingerprint density at radius 2 is 2.12 bits per heavy atom. The van der Waals surface area contributed by atoms with Crippen LogP contribution in [-0.2, 0) is 6.54 Å². The predicted octanol–water partition coefficient (Wildman–Crippen LogP) is 1.86. The molecule has 1 aromatic rings. The van der Waals surface area contributed by atoms with Crippen LogP contribution in [0, 0.1) is 0 Å². The minimum Gasteiger partial charge on any atom is -0.395 e. The van der Waals surface area contributed by atoms with Gasteiger partial charge in [0.25, 0.3) is 6.43 Å². The van der Waals surface area contributed by atoms with Crippen LogP contribution in [0.3, 0.4) is 0 Å². The third-order valence-corrected chi connectivity index (χ3v) is 2.72. The summed E-state index contributed by atoms with van der Waals surface area (Å²) in [6.45, 7) is -0.366. The average Bonchev–Trinajstić information content (AvgIpc) is 2.27. The zero-order valence-corrected chi connectivity index (χ0v) is 10.00. The Labute approximate surface area is 104 Å². The molecule has 96 valence electrons. The van der Waals surface area contributed by atoms with Gasteiger partial charge < -0.3 is 15.7 Å². The van der Waals surface area contributed by atoms with Crippen molar-refractivity contribution in [2.75, 3.05) is 24.6 Å². The lowest BCUT2D eigenvalue weighted by Gasteiger charge is -2.26. The van der Waals surface area contributed by atoms with E-state index in [9.17, 15) is 8.78 Å². The van der Waals surface area contributed by atoms with Crippen molar-refractivity contribution in [1.82, 2.24) is 0 Å². The van der Waals surface area contributed by atoms with E-state index in [0.29, 0.717) is 16.3 Å². The van der Waals surface area contributed by atoms with Gasteiger partial charge in [-0.2, -0.15) is 0 Å². The lowest BCUT2D eigenvalue weighted by atomic mass is 10.1. The Morgan fingerprint density at radius 1 is 1.41 bits per heavy atom. The molecule has 0 aliphatic heterocycles. The van der Waals surface area contributed by atoms with Gasteiger partial charge in [0.15, 0.2) is 0 Å². The normalized spacial score (nSPS) is 10.9. The highest BCUT2D eigenvalue weighted by atomic mass is 35.5. The number of aliphatic hydroxyl groups excluding tert-OH is 1. The number of benzene rings is 1. The first-order valence-corrected chi connectivity index (χ1v) is 5.59. The molecule has 0 spiro atoms. The maximum atomic E-state index is 12.4. The van der Waals surface area contributed by atoms with Crippen LogP contribution in [0.2, 0.25) is 5.02 Å². The largest absolute Gasteiger partial charge is 0.395 e. The summed E-state index contributed by atoms with van der Waals surface area (Å²) < 4.78 is 24.9. The molecule has 3 N–H and O–H groups in total. The molecule has 0 atom stereocenters. The van der Waals surface area contributed by atoms with Gasteiger partial charge in [-0.3, -0.25) is 0 Å². The van der Waals surface area contributed by atoms with Gasteiger partial charge in [0.05, 0.1) is 13.2 Å². The van der Waals surface area contributed by atoms with Crippen LogP contribution in [0.4, 0.5) is 14.5 Å². The molecule has 17 heavy (non-hydrogen) atoms. The molecule has 0 saturated carbocycles. The zero-order chi connectivity index (χ0) is 12.8. The number of hydrogen-bond acceptors (Lipinski definition) is 3. The van der Waals surface area contributed by atoms with Crippen molar-refractivity contribution in [1.29, 1.82) is 0 Å². The van der Waals surface area contributed by atoms with Crippen LogP contribution < -0.4 is 10.6 Å². The first-order chi connectivity index (χ1) is 8.10. The van der Waals surface area contributed by atoms with Crippen molar-refractivity contribution < 1.29 is 13.9 Å². The van der Waals surface area contributed by atoms with Gasteiger partial charge in [-0.15, -0.1) is 0 Å². The van der Waals surface area contributed by atoms with Gasteiger partial charge in [0, 0.05) is 29.4 Å². The van der Waals surface area contributed by atoms with Crippen molar-refractivity contribution >= 4 is 17.3 Å². The number of halogens is 3. The van der Waals surface area contributed by atoms with Crippen molar-refractivity contribution in [2.24, 2.45) is 5.73 Å². The van der Waals surface area contributed by atoms with Crippen molar-refractivity contribution in [3.63, 3.8) is 0 Å². The minimum atomic E-state index is -2.48. The summed E-state index contributed by atoms with van der Waals surface area (Å²) in [5.41, 5.74) is 6.72. The maximum Gasteiger partial charge on any atom is 0.255 e. The molecule has 1 rings (SSSR count). The molecular weight excluding hydrogens is 250 g/mol. The molecule has 0 aliphatic carbocycles. The molecule has 0 saturated heterocycles. The van der Waals surface area contributed by atoms with Gasteiger partial charge in [-0.25, -0.2) is 8.78 Å². The summed E-state index contributed by atoms with van der Waals surface area (Å²) in [5.74, 6) is 0. The second-order valence-electron chi connectivity index (χ2n) is 3.50. The lowest BCUT2D eigenvalue weighted by Crippen LogP contribution is -2.32. The number of alkyl halides is 2. The SMILES string of the molecule is NCc1c(Cl)cccc1N(CCO)CC(F)F. The number of aliphatic hydroxyl groups is 1. The van der Waals surface area contributed by atoms with Crippen LogP contribution in [0.25, 0.3) is 0 Å². The summed E-state index contributed by atoms with van der Waals surface area (Å²) in [6.07, 6.45) is -2.48. The molecule has 0 heterocycles. The Kier molecular flexibility index (Phi) is 5.61. The molecule has 0 unspecified atom stereocenters. The first-order valence-electron chi connectivity index (χ1n) is 5.21. The summed E-state index contributed by atoms with van der Waals surface area (Å²) >= 11 is 5.95. The monoisotopic (exact) mass is 264 g/mol. The highest BCUT2D eigenvalue weighted by Crippen LogP contribution is 2.27. The summed E-state index contributed by atoms with van der Waals surface area (Å²) in [4.78, 5) is 1.39. The van der Waals surface area contributed by atoms with E-state index in [4.69, 9.17) is 22.4 Å². The summed E-state index contributed by atoms with van der Waals surface area (Å²) in [5, 5.41) is 9.34. The molecule has 0 aromatic heterocycles. The van der Waals surface area contributed by atoms with Crippen molar-refractivity contribution in [3.8, 4) is 0 Å². The maximum absolute atomic E-state index is 12.4. The smallest absolute Gasteiger partial charge is 0.255 e. The highest BCUT2D eigenvalue weighted by molar-refractivity contribution is 6.31. The molecule has 0 bridgehead atoms. The van der Waals surface area contributed by atoms with Crippen LogP contribution in [0.15, 0.2) is 18.2 Å². The average molecular weight is 265 g/mol. The van der Waals surface area contributed by atoms with Gasteiger partial charge in [-0.05, 0) is 12.1 Å². The highest BCUT2D eigenvalue weighted by Gasteiger charge is 2.16. The number of hydrogen-bond donors (Lipinski definition) is 2. The van der Waals surface area contributed by atoms with E-state index in [1.165, 1.54) is 4.90 Å². The third kappa shape index (κ3) is 3.80. The fourth-order valence-electron chi connectivity index (χ4n) is 1.64. The second-order valence-corrected chi connectivity index (χ2v) is 3.91. The van der Waals surface area contributed by atoms with E-state index < -0.39 is 13.0 Å². The number of nitrogens with zero attached hydrogens (tertiary/aromatic N) is 1. The minimum absolute atomic E-state index is 0.123. The van der Waals surface area contributed by atoms with Crippen molar-refractivity contribution in [3.05, 3.63) is 28.8 Å². The topological polar surface area (TPSA) is 49.5 Å². The molecule has 3 nitrogen and oxygen atoms in total. The Hall–Kier alpha value is -0.910. The second kappa shape index (κ2) is 6.74. The van der Waals surface area contributed by atoms with E-state index in [1.807, 2.05) is 0 Å². The molecule has 0 aliphatic rings. The number of anilines is 1. The van der Waals surface area contributed by atoms with E-state index in [1.54, 1.807) is 18.2 Å². The quantitative estimate of drug-likeness (QED) is 0.825. The van der Waals surface area contributed by atoms with Gasteiger partial charge in [0.2, 0.25) is 0 Å². The number of nitrogens with two attached hydrogens (primary N) is 1. The summed E-state index contributed by atoms with van der Waals surface area (Å²) in [7, 11) is 0.